The molecule has 0 radical (unpaired) electrons. The Kier molecular flexibility index (Phi) is 3.85. The highest BCUT2D eigenvalue weighted by Crippen LogP contribution is 2.13. The quantitative estimate of drug-likeness (QED) is 0.810. The molecule has 0 fully saturated rings. The number of carbonyl (C=O) groups is 1. The Morgan fingerprint density at radius 3 is 3.10 bits per heavy atom. The Hall–Kier alpha value is -2.38. The summed E-state index contributed by atoms with van der Waals surface area (Å²) in [5, 5.41) is 17.9. The summed E-state index contributed by atoms with van der Waals surface area (Å²) >= 11 is 0. The average Bonchev–Trinajstić information content (AvgIpc) is 3.14. The first-order valence-electron chi connectivity index (χ1n) is 7.12. The first-order valence-corrected chi connectivity index (χ1v) is 7.12. The fraction of sp³-hybridized carbons (Fsp3) is 0.538. The van der Waals surface area contributed by atoms with E-state index in [1.54, 1.807) is 10.9 Å². The molecular weight excluding hydrogens is 270 g/mol. The summed E-state index contributed by atoms with van der Waals surface area (Å²) in [6.07, 6.45) is 6.60. The van der Waals surface area contributed by atoms with Gasteiger partial charge in [-0.3, -0.25) is 4.68 Å². The van der Waals surface area contributed by atoms with Crippen LogP contribution in [0.15, 0.2) is 12.4 Å². The van der Waals surface area contributed by atoms with E-state index in [0.717, 1.165) is 43.0 Å². The van der Waals surface area contributed by atoms with Gasteiger partial charge in [-0.15, -0.1) is 10.2 Å². The Balaban J connectivity index is 1.40. The van der Waals surface area contributed by atoms with Gasteiger partial charge in [0.25, 0.3) is 0 Å². The lowest BCUT2D eigenvalue weighted by molar-refractivity contribution is 0.240. The minimum Gasteiger partial charge on any atom is -0.338 e. The van der Waals surface area contributed by atoms with Crippen molar-refractivity contribution < 1.29 is 4.79 Å². The molecule has 2 amide bonds. The number of nitrogens with zero attached hydrogens (tertiary/aromatic N) is 5. The van der Waals surface area contributed by atoms with Crippen LogP contribution in [0.5, 0.6) is 0 Å². The Morgan fingerprint density at radius 1 is 1.38 bits per heavy atom. The SMILES string of the molecule is Cn1cc(CCNC(=O)NCc2nnc3n2CCC3)cn1. The lowest BCUT2D eigenvalue weighted by atomic mass is 10.2. The van der Waals surface area contributed by atoms with Crippen LogP contribution < -0.4 is 10.6 Å². The first-order chi connectivity index (χ1) is 10.2. The molecule has 0 spiro atoms. The fourth-order valence-corrected chi connectivity index (χ4v) is 2.48. The van der Waals surface area contributed by atoms with Crippen LogP contribution in [0.2, 0.25) is 0 Å². The molecule has 3 heterocycles. The van der Waals surface area contributed by atoms with Gasteiger partial charge in [-0.25, -0.2) is 4.79 Å². The molecule has 2 aromatic rings. The van der Waals surface area contributed by atoms with Crippen molar-refractivity contribution in [3.05, 3.63) is 29.6 Å². The smallest absolute Gasteiger partial charge is 0.315 e. The summed E-state index contributed by atoms with van der Waals surface area (Å²) in [7, 11) is 1.88. The summed E-state index contributed by atoms with van der Waals surface area (Å²) in [5.74, 6) is 1.84. The molecule has 112 valence electrons. The molecule has 0 bridgehead atoms. The largest absolute Gasteiger partial charge is 0.338 e. The number of urea groups is 1. The standard InChI is InChI=1S/C13H19N7O/c1-19-9-10(7-16-19)4-5-14-13(21)15-8-12-18-17-11-3-2-6-20(11)12/h7,9H,2-6,8H2,1H3,(H2,14,15,21). The lowest BCUT2D eigenvalue weighted by Crippen LogP contribution is -2.36. The van der Waals surface area contributed by atoms with Crippen LogP contribution in [-0.2, 0) is 33.0 Å². The minimum atomic E-state index is -0.186. The topological polar surface area (TPSA) is 89.7 Å². The summed E-state index contributed by atoms with van der Waals surface area (Å²) in [6.45, 7) is 1.93. The minimum absolute atomic E-state index is 0.186. The van der Waals surface area contributed by atoms with Gasteiger partial charge in [0, 0.05) is 32.8 Å². The average molecular weight is 289 g/mol. The van der Waals surface area contributed by atoms with Gasteiger partial charge < -0.3 is 15.2 Å². The van der Waals surface area contributed by atoms with Crippen molar-refractivity contribution in [3.63, 3.8) is 0 Å². The zero-order chi connectivity index (χ0) is 14.7. The fourth-order valence-electron chi connectivity index (χ4n) is 2.48. The molecule has 1 aliphatic rings. The number of rotatable bonds is 5. The van der Waals surface area contributed by atoms with Crippen LogP contribution in [0.4, 0.5) is 4.79 Å². The number of carbonyl (C=O) groups excluding carboxylic acids is 1. The number of amides is 2. The van der Waals surface area contributed by atoms with Gasteiger partial charge in [-0.05, 0) is 18.4 Å². The van der Waals surface area contributed by atoms with Crippen molar-refractivity contribution in [3.8, 4) is 0 Å². The van der Waals surface area contributed by atoms with E-state index in [9.17, 15) is 4.79 Å². The maximum Gasteiger partial charge on any atom is 0.315 e. The van der Waals surface area contributed by atoms with Gasteiger partial charge in [0.05, 0.1) is 12.7 Å². The predicted octanol–water partition coefficient (Wildman–Crippen LogP) is -0.000300. The van der Waals surface area contributed by atoms with Gasteiger partial charge >= 0.3 is 6.03 Å². The van der Waals surface area contributed by atoms with E-state index in [1.165, 1.54) is 0 Å². The van der Waals surface area contributed by atoms with E-state index >= 15 is 0 Å². The number of hydrogen-bond acceptors (Lipinski definition) is 4. The summed E-state index contributed by atoms with van der Waals surface area (Å²) in [6, 6.07) is -0.186. The third kappa shape index (κ3) is 3.21. The molecule has 0 aliphatic carbocycles. The van der Waals surface area contributed by atoms with Crippen LogP contribution in [0, 0.1) is 0 Å². The molecule has 21 heavy (non-hydrogen) atoms. The third-order valence-electron chi connectivity index (χ3n) is 3.55. The van der Waals surface area contributed by atoms with Gasteiger partial charge in [-0.1, -0.05) is 0 Å². The van der Waals surface area contributed by atoms with Gasteiger partial charge in [0.2, 0.25) is 0 Å². The summed E-state index contributed by atoms with van der Waals surface area (Å²) in [4.78, 5) is 11.7. The predicted molar refractivity (Wildman–Crippen MR) is 75.5 cm³/mol. The number of fused-ring (bicyclic) bond motifs is 1. The van der Waals surface area contributed by atoms with E-state index in [2.05, 4.69) is 30.5 Å². The molecule has 0 aromatic carbocycles. The van der Waals surface area contributed by atoms with Crippen LogP contribution in [0.25, 0.3) is 0 Å². The molecule has 2 N–H and O–H groups in total. The summed E-state index contributed by atoms with van der Waals surface area (Å²) < 4.78 is 3.83. The van der Waals surface area contributed by atoms with Crippen molar-refractivity contribution in [2.24, 2.45) is 7.05 Å². The van der Waals surface area contributed by atoms with E-state index in [1.807, 2.05) is 13.2 Å². The Bertz CT molecular complexity index is 630. The monoisotopic (exact) mass is 289 g/mol. The van der Waals surface area contributed by atoms with E-state index in [-0.39, 0.29) is 6.03 Å². The van der Waals surface area contributed by atoms with Crippen molar-refractivity contribution in [1.29, 1.82) is 0 Å². The second-order valence-corrected chi connectivity index (χ2v) is 5.17. The molecule has 0 atom stereocenters. The molecule has 8 nitrogen and oxygen atoms in total. The van der Waals surface area contributed by atoms with Crippen LogP contribution in [-0.4, -0.2) is 37.1 Å². The van der Waals surface area contributed by atoms with Crippen molar-refractivity contribution in [2.75, 3.05) is 6.54 Å². The number of aromatic nitrogens is 5. The highest BCUT2D eigenvalue weighted by molar-refractivity contribution is 5.73. The van der Waals surface area contributed by atoms with Crippen molar-refractivity contribution >= 4 is 6.03 Å². The molecule has 1 aliphatic heterocycles. The molecule has 2 aromatic heterocycles. The van der Waals surface area contributed by atoms with E-state index in [4.69, 9.17) is 0 Å². The van der Waals surface area contributed by atoms with Gasteiger partial charge in [0.1, 0.15) is 5.82 Å². The molecule has 3 rings (SSSR count). The van der Waals surface area contributed by atoms with E-state index in [0.29, 0.717) is 13.1 Å². The lowest BCUT2D eigenvalue weighted by Gasteiger charge is -2.07. The van der Waals surface area contributed by atoms with Crippen LogP contribution in [0.1, 0.15) is 23.6 Å². The maximum absolute atomic E-state index is 11.7. The second-order valence-electron chi connectivity index (χ2n) is 5.17. The van der Waals surface area contributed by atoms with Crippen molar-refractivity contribution in [1.82, 2.24) is 35.2 Å². The number of hydrogen-bond donors (Lipinski definition) is 2. The third-order valence-corrected chi connectivity index (χ3v) is 3.55. The highest BCUT2D eigenvalue weighted by atomic mass is 16.2. The molecule has 0 saturated heterocycles. The van der Waals surface area contributed by atoms with E-state index < -0.39 is 0 Å². The summed E-state index contributed by atoms with van der Waals surface area (Å²) in [5.41, 5.74) is 1.10. The van der Waals surface area contributed by atoms with Gasteiger partial charge in [-0.2, -0.15) is 5.10 Å². The van der Waals surface area contributed by atoms with Crippen molar-refractivity contribution in [2.45, 2.75) is 32.4 Å². The van der Waals surface area contributed by atoms with Crippen LogP contribution in [0.3, 0.4) is 0 Å². The number of aryl methyl sites for hydroxylation is 2. The molecule has 0 saturated carbocycles. The second kappa shape index (κ2) is 5.94. The molecular formula is C13H19N7O. The highest BCUT2D eigenvalue weighted by Gasteiger charge is 2.17. The zero-order valence-electron chi connectivity index (χ0n) is 12.0. The Labute approximate surface area is 122 Å². The Morgan fingerprint density at radius 2 is 2.29 bits per heavy atom. The zero-order valence-corrected chi connectivity index (χ0v) is 12.0. The molecule has 8 heteroatoms. The molecule has 0 unspecified atom stereocenters. The first kappa shape index (κ1) is 13.6. The van der Waals surface area contributed by atoms with Gasteiger partial charge in [0.15, 0.2) is 5.82 Å². The maximum atomic E-state index is 11.7. The number of nitrogens with one attached hydrogen (secondary N) is 2. The normalized spacial score (nSPS) is 13.2. The van der Waals surface area contributed by atoms with Crippen LogP contribution >= 0.6 is 0 Å².